The lowest BCUT2D eigenvalue weighted by molar-refractivity contribution is -0.117. The van der Waals surface area contributed by atoms with E-state index in [4.69, 9.17) is 4.74 Å². The molecule has 99 valence electrons. The molecular weight excluding hydrogens is 228 g/mol. The van der Waals surface area contributed by atoms with E-state index in [1.807, 2.05) is 43.3 Å². The molecule has 1 radical (unpaired) electrons. The maximum absolute atomic E-state index is 11.9. The number of carbonyl (C=O) groups excluding carboxylic acids is 1. The molecule has 0 unspecified atom stereocenters. The minimum Gasteiger partial charge on any atom is -0.497 e. The average molecular weight is 249 g/mol. The van der Waals surface area contributed by atoms with Crippen molar-refractivity contribution < 1.29 is 9.53 Å². The third-order valence-electron chi connectivity index (χ3n) is 2.67. The van der Waals surface area contributed by atoms with Gasteiger partial charge >= 0.3 is 0 Å². The first-order valence-corrected chi connectivity index (χ1v) is 5.97. The van der Waals surface area contributed by atoms with Crippen LogP contribution >= 0.6 is 0 Å². The van der Waals surface area contributed by atoms with E-state index < -0.39 is 0 Å². The van der Waals surface area contributed by atoms with E-state index in [1.54, 1.807) is 12.0 Å². The zero-order valence-corrected chi connectivity index (χ0v) is 11.3. The van der Waals surface area contributed by atoms with Crippen molar-refractivity contribution in [1.82, 2.24) is 4.90 Å². The van der Waals surface area contributed by atoms with E-state index in [2.05, 4.69) is 6.92 Å². The molecule has 0 saturated heterocycles. The zero-order chi connectivity index (χ0) is 13.5. The molecule has 0 aliphatic carbocycles. The van der Waals surface area contributed by atoms with Gasteiger partial charge in [0.05, 0.1) is 7.11 Å². The Labute approximate surface area is 109 Å². The van der Waals surface area contributed by atoms with Crippen LogP contribution in [0.1, 0.15) is 6.42 Å². The molecule has 1 amide bonds. The van der Waals surface area contributed by atoms with Gasteiger partial charge in [-0.25, -0.2) is 0 Å². The summed E-state index contributed by atoms with van der Waals surface area (Å²) in [6.45, 7) is 5.14. The van der Waals surface area contributed by atoms with Crippen molar-refractivity contribution in [2.75, 3.05) is 39.2 Å². The number of benzene rings is 1. The van der Waals surface area contributed by atoms with Gasteiger partial charge in [0.1, 0.15) is 5.75 Å². The van der Waals surface area contributed by atoms with Crippen LogP contribution in [0.25, 0.3) is 0 Å². The van der Waals surface area contributed by atoms with Gasteiger partial charge in [-0.2, -0.15) is 0 Å². The summed E-state index contributed by atoms with van der Waals surface area (Å²) in [7, 11) is 5.60. The fraction of sp³-hybridized carbons (Fsp3) is 0.429. The van der Waals surface area contributed by atoms with Gasteiger partial charge in [-0.15, -0.1) is 0 Å². The van der Waals surface area contributed by atoms with E-state index in [1.165, 1.54) is 0 Å². The maximum Gasteiger partial charge on any atom is 0.227 e. The minimum absolute atomic E-state index is 0.0296. The summed E-state index contributed by atoms with van der Waals surface area (Å²) in [5.74, 6) is 0.815. The molecule has 0 N–H and O–H groups in total. The number of anilines is 1. The SMILES string of the molecule is [CH2]CC(=O)N(CCN(C)C)c1ccc(OC)cc1. The zero-order valence-electron chi connectivity index (χ0n) is 11.3. The van der Waals surface area contributed by atoms with Crippen LogP contribution in [0.5, 0.6) is 5.75 Å². The van der Waals surface area contributed by atoms with Crippen LogP contribution in [0.4, 0.5) is 5.69 Å². The molecule has 1 rings (SSSR count). The van der Waals surface area contributed by atoms with Crippen molar-refractivity contribution in [2.24, 2.45) is 0 Å². The summed E-state index contributed by atoms with van der Waals surface area (Å²) in [5.41, 5.74) is 0.881. The minimum atomic E-state index is 0.0296. The smallest absolute Gasteiger partial charge is 0.227 e. The number of methoxy groups -OCH3 is 1. The molecule has 0 bridgehead atoms. The van der Waals surface area contributed by atoms with Crippen LogP contribution < -0.4 is 9.64 Å². The van der Waals surface area contributed by atoms with Crippen LogP contribution in [0.15, 0.2) is 24.3 Å². The fourth-order valence-corrected chi connectivity index (χ4v) is 1.59. The molecule has 0 aliphatic heterocycles. The van der Waals surface area contributed by atoms with E-state index in [0.29, 0.717) is 6.54 Å². The summed E-state index contributed by atoms with van der Waals surface area (Å²) in [6, 6.07) is 7.49. The molecule has 0 heterocycles. The number of hydrogen-bond acceptors (Lipinski definition) is 3. The van der Waals surface area contributed by atoms with Gasteiger partial charge in [0, 0.05) is 25.2 Å². The van der Waals surface area contributed by atoms with E-state index in [-0.39, 0.29) is 12.3 Å². The summed E-state index contributed by atoms with van der Waals surface area (Å²) in [6.07, 6.45) is 0.263. The maximum atomic E-state index is 11.9. The van der Waals surface area contributed by atoms with Crippen LogP contribution in [0, 0.1) is 6.92 Å². The predicted octanol–water partition coefficient (Wildman–Crippen LogP) is 1.81. The summed E-state index contributed by atoms with van der Waals surface area (Å²) < 4.78 is 5.11. The number of likely N-dealkylation sites (N-methyl/N-ethyl adjacent to an activating group) is 1. The first kappa shape index (κ1) is 14.5. The molecule has 0 aliphatic rings. The summed E-state index contributed by atoms with van der Waals surface area (Å²) >= 11 is 0. The van der Waals surface area contributed by atoms with Gasteiger partial charge in [-0.3, -0.25) is 4.79 Å². The van der Waals surface area contributed by atoms with Gasteiger partial charge in [-0.05, 0) is 45.3 Å². The molecule has 0 fully saturated rings. The third kappa shape index (κ3) is 4.04. The second kappa shape index (κ2) is 7.01. The predicted molar refractivity (Wildman–Crippen MR) is 73.9 cm³/mol. The summed E-state index contributed by atoms with van der Waals surface area (Å²) in [5, 5.41) is 0. The van der Waals surface area contributed by atoms with Crippen molar-refractivity contribution in [3.63, 3.8) is 0 Å². The standard InChI is InChI=1S/C14H21N2O2/c1-5-14(17)16(11-10-15(2)3)12-6-8-13(18-4)9-7-12/h6-9H,1,5,10-11H2,2-4H3. The molecule has 4 nitrogen and oxygen atoms in total. The Kier molecular flexibility index (Phi) is 5.65. The lowest BCUT2D eigenvalue weighted by Gasteiger charge is -2.24. The average Bonchev–Trinajstić information content (AvgIpc) is 2.39. The first-order valence-electron chi connectivity index (χ1n) is 5.97. The van der Waals surface area contributed by atoms with Gasteiger partial charge < -0.3 is 14.5 Å². The Morgan fingerprint density at radius 1 is 1.22 bits per heavy atom. The van der Waals surface area contributed by atoms with E-state index in [0.717, 1.165) is 18.0 Å². The first-order chi connectivity index (χ1) is 8.58. The highest BCUT2D eigenvalue weighted by Crippen LogP contribution is 2.19. The Hall–Kier alpha value is -1.55. The highest BCUT2D eigenvalue weighted by Gasteiger charge is 2.13. The molecule has 4 heteroatoms. The molecule has 0 atom stereocenters. The molecule has 1 aromatic rings. The van der Waals surface area contributed by atoms with Gasteiger partial charge in [0.25, 0.3) is 0 Å². The van der Waals surface area contributed by atoms with Crippen molar-refractivity contribution in [2.45, 2.75) is 6.42 Å². The molecule has 0 aromatic heterocycles. The molecular formula is C14H21N2O2. The third-order valence-corrected chi connectivity index (χ3v) is 2.67. The van der Waals surface area contributed by atoms with Crippen molar-refractivity contribution in [1.29, 1.82) is 0 Å². The Morgan fingerprint density at radius 2 is 1.83 bits per heavy atom. The number of nitrogens with zero attached hydrogens (tertiary/aromatic N) is 2. The molecule has 18 heavy (non-hydrogen) atoms. The number of rotatable bonds is 6. The van der Waals surface area contributed by atoms with Gasteiger partial charge in [-0.1, -0.05) is 0 Å². The number of carbonyl (C=O) groups is 1. The Bertz CT molecular complexity index is 374. The van der Waals surface area contributed by atoms with Crippen LogP contribution in [-0.2, 0) is 4.79 Å². The van der Waals surface area contributed by atoms with Gasteiger partial charge in [0.2, 0.25) is 5.91 Å². The number of amides is 1. The van der Waals surface area contributed by atoms with Crippen molar-refractivity contribution in [3.05, 3.63) is 31.2 Å². The van der Waals surface area contributed by atoms with Crippen LogP contribution in [0.3, 0.4) is 0 Å². The van der Waals surface area contributed by atoms with Crippen LogP contribution in [0.2, 0.25) is 0 Å². The molecule has 0 spiro atoms. The summed E-state index contributed by atoms with van der Waals surface area (Å²) in [4.78, 5) is 15.7. The van der Waals surface area contributed by atoms with Crippen molar-refractivity contribution in [3.8, 4) is 5.75 Å². The normalized spacial score (nSPS) is 10.5. The molecule has 1 aromatic carbocycles. The molecule has 0 saturated carbocycles. The monoisotopic (exact) mass is 249 g/mol. The Morgan fingerprint density at radius 3 is 2.28 bits per heavy atom. The van der Waals surface area contributed by atoms with Crippen LogP contribution in [-0.4, -0.2) is 45.1 Å². The lowest BCUT2D eigenvalue weighted by atomic mass is 10.2. The number of ether oxygens (including phenoxy) is 1. The van der Waals surface area contributed by atoms with E-state index >= 15 is 0 Å². The topological polar surface area (TPSA) is 32.8 Å². The Balaban J connectivity index is 2.83. The fourth-order valence-electron chi connectivity index (χ4n) is 1.59. The highest BCUT2D eigenvalue weighted by molar-refractivity contribution is 5.93. The second-order valence-electron chi connectivity index (χ2n) is 4.30. The number of hydrogen-bond donors (Lipinski definition) is 0. The van der Waals surface area contributed by atoms with Crippen molar-refractivity contribution >= 4 is 11.6 Å². The lowest BCUT2D eigenvalue weighted by Crippen LogP contribution is -2.36. The largest absolute Gasteiger partial charge is 0.497 e. The van der Waals surface area contributed by atoms with Gasteiger partial charge in [0.15, 0.2) is 0 Å². The highest BCUT2D eigenvalue weighted by atomic mass is 16.5. The second-order valence-corrected chi connectivity index (χ2v) is 4.30. The quantitative estimate of drug-likeness (QED) is 0.771. The van der Waals surface area contributed by atoms with E-state index in [9.17, 15) is 4.79 Å².